The van der Waals surface area contributed by atoms with Crippen molar-refractivity contribution in [3.63, 3.8) is 0 Å². The predicted molar refractivity (Wildman–Crippen MR) is 103 cm³/mol. The third-order valence-electron chi connectivity index (χ3n) is 4.68. The number of carbonyl (C=O) groups excluding carboxylic acids is 1. The number of hydrogen-bond donors (Lipinski definition) is 2. The van der Waals surface area contributed by atoms with E-state index in [9.17, 15) is 4.79 Å². The lowest BCUT2D eigenvalue weighted by atomic mass is 10.0. The number of ether oxygens (including phenoxy) is 2. The Hall–Kier alpha value is -2.89. The minimum Gasteiger partial charge on any atom is -0.493 e. The molecule has 2 amide bonds. The van der Waals surface area contributed by atoms with Crippen molar-refractivity contribution in [1.82, 2.24) is 5.32 Å². The van der Waals surface area contributed by atoms with E-state index < -0.39 is 0 Å². The van der Waals surface area contributed by atoms with E-state index in [2.05, 4.69) is 10.6 Å². The summed E-state index contributed by atoms with van der Waals surface area (Å²) in [6.45, 7) is 0. The minimum atomic E-state index is -0.340. The number of rotatable bonds is 6. The summed E-state index contributed by atoms with van der Waals surface area (Å²) in [5.74, 6) is 1.34. The van der Waals surface area contributed by atoms with Crippen molar-refractivity contribution >= 4 is 17.4 Å². The Balaban J connectivity index is 1.69. The van der Waals surface area contributed by atoms with Crippen molar-refractivity contribution in [2.75, 3.05) is 38.5 Å². The molecule has 6 nitrogen and oxygen atoms in total. The van der Waals surface area contributed by atoms with E-state index in [1.807, 2.05) is 61.5 Å². The van der Waals surface area contributed by atoms with Crippen molar-refractivity contribution in [3.8, 4) is 11.5 Å². The topological polar surface area (TPSA) is 62.8 Å². The maximum Gasteiger partial charge on any atom is 0.319 e. The highest BCUT2D eigenvalue weighted by molar-refractivity contribution is 5.90. The summed E-state index contributed by atoms with van der Waals surface area (Å²) in [7, 11) is 7.18. The normalized spacial score (nSPS) is 14.3. The molecular weight excluding hydrogens is 330 g/mol. The van der Waals surface area contributed by atoms with E-state index in [-0.39, 0.29) is 11.6 Å². The van der Waals surface area contributed by atoms with E-state index in [0.717, 1.165) is 29.8 Å². The second-order valence-corrected chi connectivity index (χ2v) is 6.67. The molecule has 0 saturated heterocycles. The van der Waals surface area contributed by atoms with Gasteiger partial charge in [0.15, 0.2) is 11.5 Å². The van der Waals surface area contributed by atoms with Crippen LogP contribution in [0.4, 0.5) is 16.2 Å². The molecule has 0 unspecified atom stereocenters. The largest absolute Gasteiger partial charge is 0.493 e. The number of anilines is 2. The maximum atomic E-state index is 12.4. The minimum absolute atomic E-state index is 0.213. The summed E-state index contributed by atoms with van der Waals surface area (Å²) >= 11 is 0. The van der Waals surface area contributed by atoms with Crippen LogP contribution in [0.15, 0.2) is 42.5 Å². The average Bonchev–Trinajstić information content (AvgIpc) is 3.42. The summed E-state index contributed by atoms with van der Waals surface area (Å²) in [5, 5.41) is 6.00. The zero-order valence-electron chi connectivity index (χ0n) is 15.6. The average molecular weight is 355 g/mol. The van der Waals surface area contributed by atoms with E-state index >= 15 is 0 Å². The number of nitrogens with one attached hydrogen (secondary N) is 2. The van der Waals surface area contributed by atoms with Crippen LogP contribution in [0.1, 0.15) is 18.4 Å². The lowest BCUT2D eigenvalue weighted by Gasteiger charge is -2.20. The van der Waals surface area contributed by atoms with Gasteiger partial charge in [-0.15, -0.1) is 0 Å². The molecule has 1 aliphatic rings. The number of benzene rings is 2. The Morgan fingerprint density at radius 3 is 2.19 bits per heavy atom. The van der Waals surface area contributed by atoms with Gasteiger partial charge in [0.1, 0.15) is 0 Å². The first-order valence-corrected chi connectivity index (χ1v) is 8.56. The summed E-state index contributed by atoms with van der Waals surface area (Å²) in [5.41, 5.74) is 2.53. The molecular formula is C20H25N3O3. The third kappa shape index (κ3) is 3.69. The number of urea groups is 1. The van der Waals surface area contributed by atoms with Gasteiger partial charge in [-0.3, -0.25) is 0 Å². The van der Waals surface area contributed by atoms with Crippen molar-refractivity contribution < 1.29 is 14.3 Å². The Labute approximate surface area is 154 Å². The van der Waals surface area contributed by atoms with Gasteiger partial charge in [-0.05, 0) is 54.8 Å². The van der Waals surface area contributed by atoms with Gasteiger partial charge in [0.2, 0.25) is 0 Å². The molecule has 0 spiro atoms. The number of nitrogens with zero attached hydrogens (tertiary/aromatic N) is 1. The highest BCUT2D eigenvalue weighted by atomic mass is 16.5. The smallest absolute Gasteiger partial charge is 0.319 e. The fraction of sp³-hybridized carbons (Fsp3) is 0.350. The van der Waals surface area contributed by atoms with Gasteiger partial charge in [-0.2, -0.15) is 0 Å². The molecule has 0 aliphatic heterocycles. The van der Waals surface area contributed by atoms with E-state index in [4.69, 9.17) is 9.47 Å². The zero-order valence-corrected chi connectivity index (χ0v) is 15.6. The Morgan fingerprint density at radius 2 is 1.65 bits per heavy atom. The number of hydrogen-bond acceptors (Lipinski definition) is 4. The van der Waals surface area contributed by atoms with Crippen molar-refractivity contribution in [3.05, 3.63) is 48.0 Å². The highest BCUT2D eigenvalue weighted by Gasteiger charge is 2.46. The van der Waals surface area contributed by atoms with Crippen LogP contribution < -0.4 is 25.0 Å². The summed E-state index contributed by atoms with van der Waals surface area (Å²) < 4.78 is 10.7. The van der Waals surface area contributed by atoms with Crippen LogP contribution in [-0.4, -0.2) is 34.3 Å². The first kappa shape index (κ1) is 17.9. The zero-order chi connectivity index (χ0) is 18.7. The highest BCUT2D eigenvalue weighted by Crippen LogP contribution is 2.47. The molecule has 1 fully saturated rings. The maximum absolute atomic E-state index is 12.4. The van der Waals surface area contributed by atoms with Gasteiger partial charge in [0, 0.05) is 25.5 Å². The summed E-state index contributed by atoms with van der Waals surface area (Å²) in [6.07, 6.45) is 1.80. The van der Waals surface area contributed by atoms with Crippen LogP contribution in [0, 0.1) is 0 Å². The fourth-order valence-electron chi connectivity index (χ4n) is 2.97. The monoisotopic (exact) mass is 355 g/mol. The molecule has 6 heteroatoms. The molecule has 1 saturated carbocycles. The Kier molecular flexibility index (Phi) is 4.93. The molecule has 2 aromatic carbocycles. The summed E-state index contributed by atoms with van der Waals surface area (Å²) in [6, 6.07) is 13.3. The van der Waals surface area contributed by atoms with Crippen molar-refractivity contribution in [2.24, 2.45) is 0 Å². The molecule has 0 bridgehead atoms. The number of amides is 2. The predicted octanol–water partition coefficient (Wildman–Crippen LogP) is 3.58. The molecule has 2 N–H and O–H groups in total. The molecule has 26 heavy (non-hydrogen) atoms. The quantitative estimate of drug-likeness (QED) is 0.831. The first-order chi connectivity index (χ1) is 12.5. The standard InChI is InChI=1S/C20H25N3O3/c1-23(2)16-8-6-15(7-9-16)21-19(24)22-20(11-12-20)14-5-10-17(25-3)18(13-14)26-4/h5-10,13H,11-12H2,1-4H3,(H2,21,22,24). The molecule has 0 atom stereocenters. The Morgan fingerprint density at radius 1 is 1.00 bits per heavy atom. The van der Waals surface area contributed by atoms with Crippen LogP contribution in [-0.2, 0) is 5.54 Å². The molecule has 0 heterocycles. The van der Waals surface area contributed by atoms with E-state index in [1.54, 1.807) is 14.2 Å². The second kappa shape index (κ2) is 7.15. The van der Waals surface area contributed by atoms with Gasteiger partial charge in [-0.1, -0.05) is 6.07 Å². The number of carbonyl (C=O) groups is 1. The van der Waals surface area contributed by atoms with Crippen LogP contribution in [0.3, 0.4) is 0 Å². The van der Waals surface area contributed by atoms with Crippen LogP contribution >= 0.6 is 0 Å². The van der Waals surface area contributed by atoms with Gasteiger partial charge >= 0.3 is 6.03 Å². The van der Waals surface area contributed by atoms with Crippen molar-refractivity contribution in [1.29, 1.82) is 0 Å². The van der Waals surface area contributed by atoms with E-state index in [0.29, 0.717) is 11.5 Å². The van der Waals surface area contributed by atoms with E-state index in [1.165, 1.54) is 0 Å². The lowest BCUT2D eigenvalue weighted by Crippen LogP contribution is -2.38. The molecule has 3 rings (SSSR count). The molecule has 0 aromatic heterocycles. The van der Waals surface area contributed by atoms with Crippen LogP contribution in [0.5, 0.6) is 11.5 Å². The SMILES string of the molecule is COc1ccc(C2(NC(=O)Nc3ccc(N(C)C)cc3)CC2)cc1OC. The van der Waals surface area contributed by atoms with Gasteiger partial charge in [0.05, 0.1) is 19.8 Å². The molecule has 1 aliphatic carbocycles. The van der Waals surface area contributed by atoms with Crippen LogP contribution in [0.2, 0.25) is 0 Å². The first-order valence-electron chi connectivity index (χ1n) is 8.56. The fourth-order valence-corrected chi connectivity index (χ4v) is 2.97. The van der Waals surface area contributed by atoms with Crippen LogP contribution in [0.25, 0.3) is 0 Å². The second-order valence-electron chi connectivity index (χ2n) is 6.67. The molecule has 2 aromatic rings. The Bertz CT molecular complexity index is 783. The van der Waals surface area contributed by atoms with Crippen molar-refractivity contribution in [2.45, 2.75) is 18.4 Å². The molecule has 0 radical (unpaired) electrons. The third-order valence-corrected chi connectivity index (χ3v) is 4.68. The lowest BCUT2D eigenvalue weighted by molar-refractivity contribution is 0.247. The number of methoxy groups -OCH3 is 2. The molecule has 138 valence electrons. The van der Waals surface area contributed by atoms with Gasteiger partial charge in [-0.25, -0.2) is 4.79 Å². The summed E-state index contributed by atoms with van der Waals surface area (Å²) in [4.78, 5) is 14.5. The van der Waals surface area contributed by atoms with Gasteiger partial charge < -0.3 is 25.0 Å². The van der Waals surface area contributed by atoms with Gasteiger partial charge in [0.25, 0.3) is 0 Å².